The summed E-state index contributed by atoms with van der Waals surface area (Å²) in [5.41, 5.74) is 1.17. The average molecular weight is 193 g/mol. The van der Waals surface area contributed by atoms with Gasteiger partial charge in [0.1, 0.15) is 5.70 Å². The number of nitrogens with one attached hydrogen (secondary N) is 1. The third kappa shape index (κ3) is 1.53. The van der Waals surface area contributed by atoms with Gasteiger partial charge in [-0.3, -0.25) is 0 Å². The molecule has 1 aliphatic rings. The molecule has 0 unspecified atom stereocenters. The van der Waals surface area contributed by atoms with Gasteiger partial charge in [-0.2, -0.15) is 0 Å². The zero-order valence-corrected chi connectivity index (χ0v) is 7.47. The lowest BCUT2D eigenvalue weighted by molar-refractivity contribution is -0.132. The lowest BCUT2D eigenvalue weighted by Gasteiger charge is -2.14. The second-order valence-electron chi connectivity index (χ2n) is 2.61. The van der Waals surface area contributed by atoms with Crippen LogP contribution in [0, 0.1) is 0 Å². The van der Waals surface area contributed by atoms with Crippen LogP contribution < -0.4 is 4.72 Å². The Labute approximate surface area is 79.6 Å². The summed E-state index contributed by atoms with van der Waals surface area (Å²) in [6.07, 6.45) is 1.63. The Bertz CT molecular complexity index is 387. The maximum atomic E-state index is 10.6. The summed E-state index contributed by atoms with van der Waals surface area (Å²) >= 11 is 1.33. The summed E-state index contributed by atoms with van der Waals surface area (Å²) in [5, 5.41) is 8.72. The van der Waals surface area contributed by atoms with Gasteiger partial charge in [-0.15, -0.1) is 0 Å². The summed E-state index contributed by atoms with van der Waals surface area (Å²) in [5.74, 6) is -0.929. The fourth-order valence-corrected chi connectivity index (χ4v) is 1.85. The van der Waals surface area contributed by atoms with E-state index in [0.29, 0.717) is 0 Å². The summed E-state index contributed by atoms with van der Waals surface area (Å²) in [6, 6.07) is 7.65. The summed E-state index contributed by atoms with van der Waals surface area (Å²) in [6.45, 7) is 0. The Hall–Kier alpha value is -1.42. The molecular formula is C9H7NO2S. The number of carboxylic acid groups (broad SMARTS) is 1. The molecule has 0 spiro atoms. The smallest absolute Gasteiger partial charge is 0.352 e. The molecule has 0 saturated heterocycles. The molecular weight excluding hydrogens is 186 g/mol. The van der Waals surface area contributed by atoms with Gasteiger partial charge in [0.15, 0.2) is 0 Å². The Morgan fingerprint density at radius 1 is 1.38 bits per heavy atom. The number of benzene rings is 1. The van der Waals surface area contributed by atoms with Crippen LogP contribution in [0.4, 0.5) is 0 Å². The van der Waals surface area contributed by atoms with E-state index in [2.05, 4.69) is 4.72 Å². The van der Waals surface area contributed by atoms with Crippen LogP contribution in [0.2, 0.25) is 0 Å². The number of hydrogen-bond acceptors (Lipinski definition) is 3. The highest BCUT2D eigenvalue weighted by Crippen LogP contribution is 2.27. The van der Waals surface area contributed by atoms with E-state index >= 15 is 0 Å². The predicted molar refractivity (Wildman–Crippen MR) is 51.0 cm³/mol. The Balaban J connectivity index is 2.44. The number of carbonyl (C=O) groups is 1. The van der Waals surface area contributed by atoms with Crippen LogP contribution in [0.15, 0.2) is 34.9 Å². The number of hydrogen-bond donors (Lipinski definition) is 2. The van der Waals surface area contributed by atoms with Crippen LogP contribution in [0.1, 0.15) is 5.56 Å². The Morgan fingerprint density at radius 2 is 2.15 bits per heavy atom. The quantitative estimate of drug-likeness (QED) is 0.667. The predicted octanol–water partition coefficient (Wildman–Crippen LogP) is 1.72. The van der Waals surface area contributed by atoms with Crippen molar-refractivity contribution < 1.29 is 9.90 Å². The molecule has 0 saturated carbocycles. The van der Waals surface area contributed by atoms with Gasteiger partial charge < -0.3 is 9.83 Å². The molecule has 2 rings (SSSR count). The van der Waals surface area contributed by atoms with Crippen molar-refractivity contribution in [3.63, 3.8) is 0 Å². The van der Waals surface area contributed by atoms with Crippen molar-refractivity contribution in [3.8, 4) is 0 Å². The van der Waals surface area contributed by atoms with Gasteiger partial charge in [0.05, 0.1) is 0 Å². The SMILES string of the molecule is O=C(O)C1=Cc2ccccc2SN1. The monoisotopic (exact) mass is 193 g/mol. The average Bonchev–Trinajstić information content (AvgIpc) is 2.17. The van der Waals surface area contributed by atoms with Gasteiger partial charge in [0.25, 0.3) is 0 Å². The van der Waals surface area contributed by atoms with E-state index in [4.69, 9.17) is 5.11 Å². The number of carboxylic acids is 1. The lowest BCUT2D eigenvalue weighted by atomic mass is 10.2. The first-order chi connectivity index (χ1) is 6.27. The fraction of sp³-hybridized carbons (Fsp3) is 0. The number of rotatable bonds is 1. The van der Waals surface area contributed by atoms with Crippen molar-refractivity contribution >= 4 is 24.0 Å². The van der Waals surface area contributed by atoms with E-state index in [1.165, 1.54) is 11.9 Å². The summed E-state index contributed by atoms with van der Waals surface area (Å²) in [4.78, 5) is 11.7. The van der Waals surface area contributed by atoms with Gasteiger partial charge in [-0.05, 0) is 29.7 Å². The van der Waals surface area contributed by atoms with Gasteiger partial charge in [0, 0.05) is 4.90 Å². The minimum absolute atomic E-state index is 0.226. The van der Waals surface area contributed by atoms with Crippen LogP contribution in [0.3, 0.4) is 0 Å². The third-order valence-corrected chi connectivity index (χ3v) is 2.63. The standard InChI is InChI=1S/C9H7NO2S/c11-9(12)7-5-6-3-1-2-4-8(6)13-10-7/h1-5,10H,(H,11,12). The largest absolute Gasteiger partial charge is 0.477 e. The van der Waals surface area contributed by atoms with E-state index in [1.54, 1.807) is 6.08 Å². The van der Waals surface area contributed by atoms with E-state index in [0.717, 1.165) is 10.5 Å². The van der Waals surface area contributed by atoms with E-state index < -0.39 is 5.97 Å². The van der Waals surface area contributed by atoms with Crippen LogP contribution in [-0.4, -0.2) is 11.1 Å². The zero-order valence-electron chi connectivity index (χ0n) is 6.65. The number of aliphatic carboxylic acids is 1. The molecule has 0 atom stereocenters. The lowest BCUT2D eigenvalue weighted by Crippen LogP contribution is -2.16. The molecule has 1 aliphatic heterocycles. The van der Waals surface area contributed by atoms with Crippen LogP contribution in [0.25, 0.3) is 6.08 Å². The molecule has 0 aromatic heterocycles. The van der Waals surface area contributed by atoms with Gasteiger partial charge in [-0.1, -0.05) is 18.2 Å². The van der Waals surface area contributed by atoms with Crippen molar-refractivity contribution in [2.75, 3.05) is 0 Å². The highest BCUT2D eigenvalue weighted by molar-refractivity contribution is 7.97. The van der Waals surface area contributed by atoms with Gasteiger partial charge in [0.2, 0.25) is 0 Å². The molecule has 3 nitrogen and oxygen atoms in total. The first-order valence-electron chi connectivity index (χ1n) is 3.74. The minimum Gasteiger partial charge on any atom is -0.477 e. The van der Waals surface area contributed by atoms with Crippen molar-refractivity contribution in [2.24, 2.45) is 0 Å². The van der Waals surface area contributed by atoms with Crippen molar-refractivity contribution in [2.45, 2.75) is 4.90 Å². The molecule has 2 N–H and O–H groups in total. The minimum atomic E-state index is -0.929. The highest BCUT2D eigenvalue weighted by atomic mass is 32.2. The molecule has 0 aliphatic carbocycles. The molecule has 13 heavy (non-hydrogen) atoms. The van der Waals surface area contributed by atoms with Crippen LogP contribution >= 0.6 is 11.9 Å². The maximum Gasteiger partial charge on any atom is 0.352 e. The zero-order chi connectivity index (χ0) is 9.26. The third-order valence-electron chi connectivity index (χ3n) is 1.72. The van der Waals surface area contributed by atoms with E-state index in [-0.39, 0.29) is 5.70 Å². The first kappa shape index (κ1) is 8.19. The number of fused-ring (bicyclic) bond motifs is 1. The maximum absolute atomic E-state index is 10.6. The van der Waals surface area contributed by atoms with E-state index in [1.807, 2.05) is 24.3 Å². The van der Waals surface area contributed by atoms with E-state index in [9.17, 15) is 4.79 Å². The molecule has 4 heteroatoms. The molecule has 1 heterocycles. The second-order valence-corrected chi connectivity index (χ2v) is 3.45. The van der Waals surface area contributed by atoms with Gasteiger partial charge >= 0.3 is 5.97 Å². The summed E-state index contributed by atoms with van der Waals surface area (Å²) < 4.78 is 2.75. The molecule has 0 radical (unpaired) electrons. The van der Waals surface area contributed by atoms with Crippen LogP contribution in [-0.2, 0) is 4.79 Å². The van der Waals surface area contributed by atoms with Crippen molar-refractivity contribution in [3.05, 3.63) is 35.5 Å². The molecule has 1 aromatic rings. The highest BCUT2D eigenvalue weighted by Gasteiger charge is 2.14. The molecule has 66 valence electrons. The normalized spacial score (nSPS) is 14.0. The molecule has 0 fully saturated rings. The molecule has 0 amide bonds. The topological polar surface area (TPSA) is 49.3 Å². The first-order valence-corrected chi connectivity index (χ1v) is 4.56. The Morgan fingerprint density at radius 3 is 2.92 bits per heavy atom. The van der Waals surface area contributed by atoms with Crippen molar-refractivity contribution in [1.82, 2.24) is 4.72 Å². The fourth-order valence-electron chi connectivity index (χ4n) is 1.09. The van der Waals surface area contributed by atoms with Gasteiger partial charge in [-0.25, -0.2) is 4.79 Å². The molecule has 1 aromatic carbocycles. The molecule has 0 bridgehead atoms. The van der Waals surface area contributed by atoms with Crippen LogP contribution in [0.5, 0.6) is 0 Å². The second kappa shape index (κ2) is 3.14. The Kier molecular flexibility index (Phi) is 1.98. The van der Waals surface area contributed by atoms with Crippen molar-refractivity contribution in [1.29, 1.82) is 0 Å². The summed E-state index contributed by atoms with van der Waals surface area (Å²) in [7, 11) is 0.